The van der Waals surface area contributed by atoms with Gasteiger partial charge in [-0.05, 0) is 128 Å². The van der Waals surface area contributed by atoms with Gasteiger partial charge < -0.3 is 30.3 Å². The minimum absolute atomic E-state index is 0.0113. The van der Waals surface area contributed by atoms with E-state index in [2.05, 4.69) is 93.8 Å². The van der Waals surface area contributed by atoms with Crippen LogP contribution in [0.4, 0.5) is 5.69 Å². The van der Waals surface area contributed by atoms with Crippen LogP contribution in [0.2, 0.25) is 0 Å². The Morgan fingerprint density at radius 3 is 1.15 bits per heavy atom. The number of anilines is 1. The number of nitrogens with one attached hydrogen (secondary N) is 2. The van der Waals surface area contributed by atoms with Gasteiger partial charge in [-0.15, -0.1) is 0 Å². The van der Waals surface area contributed by atoms with Crippen molar-refractivity contribution in [2.75, 3.05) is 12.4 Å². The number of aromatic nitrogens is 3. The van der Waals surface area contributed by atoms with Gasteiger partial charge in [-0.2, -0.15) is 0 Å². The second kappa shape index (κ2) is 22.3. The van der Waals surface area contributed by atoms with Crippen molar-refractivity contribution in [1.82, 2.24) is 20.3 Å². The lowest BCUT2D eigenvalue weighted by Crippen LogP contribution is -2.24. The van der Waals surface area contributed by atoms with Gasteiger partial charge in [0.1, 0.15) is 28.8 Å². The number of carbonyl (C=O) groups is 4. The van der Waals surface area contributed by atoms with E-state index in [0.717, 1.165) is 38.9 Å². The molecule has 0 unspecified atom stereocenters. The van der Waals surface area contributed by atoms with Crippen LogP contribution in [0.3, 0.4) is 0 Å². The molecule has 0 bridgehead atoms. The summed E-state index contributed by atoms with van der Waals surface area (Å²) in [5.74, 6) is -0.458. The molecule has 0 saturated carbocycles. The van der Waals surface area contributed by atoms with E-state index in [9.17, 15) is 29.4 Å². The van der Waals surface area contributed by atoms with Gasteiger partial charge in [0, 0.05) is 40.1 Å². The Kier molecular flexibility index (Phi) is 15.3. The summed E-state index contributed by atoms with van der Waals surface area (Å²) in [5.41, 5.74) is 7.87. The van der Waals surface area contributed by atoms with Gasteiger partial charge in [0.2, 0.25) is 0 Å². The van der Waals surface area contributed by atoms with Crippen molar-refractivity contribution >= 4 is 29.4 Å². The summed E-state index contributed by atoms with van der Waals surface area (Å²) in [6, 6.07) is 55.9. The molecule has 2 amide bonds. The van der Waals surface area contributed by atoms with Gasteiger partial charge in [-0.25, -0.2) is 24.5 Å². The molecule has 1 heterocycles. The molecule has 0 fully saturated rings. The average Bonchev–Trinajstić information content (AvgIpc) is 3.49. The monoisotopic (exact) mass is 1060 g/mol. The summed E-state index contributed by atoms with van der Waals surface area (Å²) in [5, 5.41) is 25.0. The zero-order chi connectivity index (χ0) is 57.1. The molecule has 0 aliphatic rings. The molecule has 80 heavy (non-hydrogen) atoms. The standard InChI is InChI=1S/C67H61N5O8/c1-40-10-14-42(15-11-40)58-70-59(43-16-20-45(21-17-43)65(3,4)44-18-12-41(2)13-19-44)72-64(71-58)67(7,8)48-22-28-49(29-23-48)69-61(74)57-39-53(35-37-55(57)63(77)78)80-51-32-26-47(27-33-51)66(5,6)46-24-30-50(31-25-46)79-52-34-36-54(62(75)76)56(38-52)60(73)68-9/h10-39H,1-9H3,(H,68,73)(H,69,74)(H,75,76)(H,77,78). The lowest BCUT2D eigenvalue weighted by molar-refractivity contribution is 0.0683. The van der Waals surface area contributed by atoms with E-state index in [1.807, 2.05) is 81.4 Å². The van der Waals surface area contributed by atoms with Crippen LogP contribution >= 0.6 is 0 Å². The molecule has 4 N–H and O–H groups in total. The summed E-state index contributed by atoms with van der Waals surface area (Å²) in [6.07, 6.45) is 0. The number of carboxylic acids is 2. The Morgan fingerprint density at radius 1 is 0.400 bits per heavy atom. The van der Waals surface area contributed by atoms with Gasteiger partial charge >= 0.3 is 11.9 Å². The third kappa shape index (κ3) is 11.7. The molecule has 0 spiro atoms. The smallest absolute Gasteiger partial charge is 0.336 e. The molecular weight excluding hydrogens is 1000 g/mol. The fourth-order valence-corrected chi connectivity index (χ4v) is 9.46. The van der Waals surface area contributed by atoms with E-state index in [-0.39, 0.29) is 33.4 Å². The van der Waals surface area contributed by atoms with Crippen LogP contribution in [-0.4, -0.2) is 56.0 Å². The maximum absolute atomic E-state index is 14.0. The molecule has 0 radical (unpaired) electrons. The Labute approximate surface area is 465 Å². The molecular formula is C67H61N5O8. The predicted octanol–water partition coefficient (Wildman–Crippen LogP) is 14.4. The number of aromatic carboxylic acids is 2. The first-order chi connectivity index (χ1) is 38.1. The SMILES string of the molecule is CNC(=O)c1cc(Oc2ccc(C(C)(C)c3ccc(Oc4ccc(C(=O)O)c(C(=O)Nc5ccc(C(C)(C)c6nc(-c7ccc(C)cc7)nc(-c7ccc(C(C)(C)c8ccc(C)cc8)cc7)n6)cc5)c4)cc3)cc2)ccc1C(=O)O. The van der Waals surface area contributed by atoms with Crippen molar-refractivity contribution in [3.8, 4) is 45.8 Å². The second-order valence-electron chi connectivity index (χ2n) is 21.4. The van der Waals surface area contributed by atoms with Gasteiger partial charge in [-0.3, -0.25) is 9.59 Å². The summed E-state index contributed by atoms with van der Waals surface area (Å²) in [7, 11) is 1.43. The fourth-order valence-electron chi connectivity index (χ4n) is 9.46. The van der Waals surface area contributed by atoms with Crippen LogP contribution in [0.15, 0.2) is 182 Å². The van der Waals surface area contributed by atoms with E-state index in [1.165, 1.54) is 54.6 Å². The summed E-state index contributed by atoms with van der Waals surface area (Å²) in [6.45, 7) is 16.8. The van der Waals surface area contributed by atoms with Crippen molar-refractivity contribution < 1.29 is 38.9 Å². The lowest BCUT2D eigenvalue weighted by atomic mass is 9.78. The van der Waals surface area contributed by atoms with Crippen LogP contribution < -0.4 is 20.1 Å². The molecule has 402 valence electrons. The highest BCUT2D eigenvalue weighted by Crippen LogP contribution is 2.38. The van der Waals surface area contributed by atoms with Gasteiger partial charge in [0.25, 0.3) is 11.8 Å². The molecule has 0 aliphatic carbocycles. The minimum atomic E-state index is -1.27. The number of rotatable bonds is 17. The molecule has 8 aromatic carbocycles. The van der Waals surface area contributed by atoms with E-state index < -0.39 is 34.6 Å². The maximum Gasteiger partial charge on any atom is 0.336 e. The van der Waals surface area contributed by atoms with E-state index in [1.54, 1.807) is 36.4 Å². The fraction of sp³-hybridized carbons (Fsp3) is 0.179. The van der Waals surface area contributed by atoms with Crippen molar-refractivity contribution in [3.05, 3.63) is 249 Å². The molecule has 9 rings (SSSR count). The highest BCUT2D eigenvalue weighted by molar-refractivity contribution is 6.11. The highest BCUT2D eigenvalue weighted by Gasteiger charge is 2.30. The number of carboxylic acid groups (broad SMARTS) is 2. The molecule has 13 nitrogen and oxygen atoms in total. The van der Waals surface area contributed by atoms with Crippen molar-refractivity contribution in [2.45, 2.75) is 71.6 Å². The Balaban J connectivity index is 0.895. The number of hydrogen-bond donors (Lipinski definition) is 4. The first-order valence-corrected chi connectivity index (χ1v) is 26.1. The van der Waals surface area contributed by atoms with Crippen molar-refractivity contribution in [2.24, 2.45) is 0 Å². The van der Waals surface area contributed by atoms with Crippen LogP contribution in [0.25, 0.3) is 22.8 Å². The van der Waals surface area contributed by atoms with Crippen LogP contribution in [0.1, 0.15) is 128 Å². The van der Waals surface area contributed by atoms with Crippen LogP contribution in [0.5, 0.6) is 23.0 Å². The summed E-state index contributed by atoms with van der Waals surface area (Å²) in [4.78, 5) is 65.6. The van der Waals surface area contributed by atoms with Crippen molar-refractivity contribution in [3.63, 3.8) is 0 Å². The number of carbonyl (C=O) groups excluding carboxylic acids is 2. The molecule has 9 aromatic rings. The number of aryl methyl sites for hydroxylation is 2. The Bertz CT molecular complexity index is 3780. The lowest BCUT2D eigenvalue weighted by Gasteiger charge is -2.27. The van der Waals surface area contributed by atoms with Crippen molar-refractivity contribution in [1.29, 1.82) is 0 Å². The second-order valence-corrected chi connectivity index (χ2v) is 21.4. The first kappa shape index (κ1) is 55.0. The zero-order valence-electron chi connectivity index (χ0n) is 46.0. The third-order valence-corrected chi connectivity index (χ3v) is 14.8. The molecule has 0 atom stereocenters. The molecule has 0 saturated heterocycles. The summed E-state index contributed by atoms with van der Waals surface area (Å²) >= 11 is 0. The first-order valence-electron chi connectivity index (χ1n) is 26.1. The number of benzene rings is 8. The number of nitrogens with zero attached hydrogens (tertiary/aromatic N) is 3. The van der Waals surface area contributed by atoms with Gasteiger partial charge in [0.15, 0.2) is 11.6 Å². The minimum Gasteiger partial charge on any atom is -0.478 e. The molecule has 13 heteroatoms. The predicted molar refractivity (Wildman–Crippen MR) is 311 cm³/mol. The van der Waals surface area contributed by atoms with E-state index in [0.29, 0.717) is 40.4 Å². The maximum atomic E-state index is 14.0. The average molecular weight is 1060 g/mol. The number of hydrogen-bond acceptors (Lipinski definition) is 9. The van der Waals surface area contributed by atoms with Crippen LogP contribution in [-0.2, 0) is 16.2 Å². The Hall–Kier alpha value is -9.75. The van der Waals surface area contributed by atoms with E-state index >= 15 is 0 Å². The van der Waals surface area contributed by atoms with Gasteiger partial charge in [-0.1, -0.05) is 148 Å². The third-order valence-electron chi connectivity index (χ3n) is 14.8. The van der Waals surface area contributed by atoms with E-state index in [4.69, 9.17) is 24.4 Å². The largest absolute Gasteiger partial charge is 0.478 e. The Morgan fingerprint density at radius 2 is 0.738 bits per heavy atom. The normalized spacial score (nSPS) is 11.6. The number of amides is 2. The topological polar surface area (TPSA) is 190 Å². The molecule has 0 aliphatic heterocycles. The number of ether oxygens (including phenoxy) is 2. The van der Waals surface area contributed by atoms with Gasteiger partial charge in [0.05, 0.1) is 22.3 Å². The zero-order valence-corrected chi connectivity index (χ0v) is 46.0. The highest BCUT2D eigenvalue weighted by atomic mass is 16.5. The molecule has 1 aromatic heterocycles. The summed E-state index contributed by atoms with van der Waals surface area (Å²) < 4.78 is 12.2. The van der Waals surface area contributed by atoms with Crippen LogP contribution in [0, 0.1) is 13.8 Å². The quantitative estimate of drug-likeness (QED) is 0.0679.